The Bertz CT molecular complexity index is 449. The van der Waals surface area contributed by atoms with Crippen molar-refractivity contribution in [2.75, 3.05) is 0 Å². The molecular formula is C14H19FN2O. The third kappa shape index (κ3) is 3.07. The highest BCUT2D eigenvalue weighted by atomic mass is 19.1. The zero-order valence-corrected chi connectivity index (χ0v) is 10.8. The van der Waals surface area contributed by atoms with Gasteiger partial charge in [0.15, 0.2) is 0 Å². The van der Waals surface area contributed by atoms with Crippen molar-refractivity contribution in [3.05, 3.63) is 35.6 Å². The Morgan fingerprint density at radius 2 is 2.17 bits per heavy atom. The summed E-state index contributed by atoms with van der Waals surface area (Å²) in [5.41, 5.74) is 5.79. The predicted molar refractivity (Wildman–Crippen MR) is 68.2 cm³/mol. The van der Waals surface area contributed by atoms with Crippen LogP contribution in [0, 0.1) is 5.82 Å². The molecule has 0 bridgehead atoms. The highest BCUT2D eigenvalue weighted by Gasteiger charge is 2.37. The summed E-state index contributed by atoms with van der Waals surface area (Å²) < 4.78 is 13.1. The topological polar surface area (TPSA) is 46.3 Å². The van der Waals surface area contributed by atoms with Crippen LogP contribution in [0.5, 0.6) is 0 Å². The van der Waals surface area contributed by atoms with Crippen molar-refractivity contribution in [2.24, 2.45) is 5.73 Å². The number of carbonyl (C=O) groups excluding carboxylic acids is 1. The average molecular weight is 250 g/mol. The van der Waals surface area contributed by atoms with E-state index in [9.17, 15) is 9.18 Å². The molecule has 0 saturated heterocycles. The third-order valence-corrected chi connectivity index (χ3v) is 3.04. The lowest BCUT2D eigenvalue weighted by Crippen LogP contribution is -2.51. The molecular weight excluding hydrogens is 231 g/mol. The van der Waals surface area contributed by atoms with Crippen LogP contribution in [0.1, 0.15) is 32.3 Å². The van der Waals surface area contributed by atoms with E-state index in [0.717, 1.165) is 18.4 Å². The first-order valence-corrected chi connectivity index (χ1v) is 6.22. The van der Waals surface area contributed by atoms with E-state index in [4.69, 9.17) is 5.73 Å². The van der Waals surface area contributed by atoms with Gasteiger partial charge in [-0.1, -0.05) is 12.1 Å². The average Bonchev–Trinajstić information content (AvgIpc) is 3.07. The van der Waals surface area contributed by atoms with Gasteiger partial charge in [-0.25, -0.2) is 4.39 Å². The summed E-state index contributed by atoms with van der Waals surface area (Å²) in [7, 11) is 0. The van der Waals surface area contributed by atoms with Gasteiger partial charge in [-0.2, -0.15) is 0 Å². The number of carbonyl (C=O) groups is 1. The molecule has 3 nitrogen and oxygen atoms in total. The molecule has 98 valence electrons. The molecule has 0 radical (unpaired) electrons. The van der Waals surface area contributed by atoms with E-state index in [1.807, 2.05) is 6.07 Å². The minimum atomic E-state index is -0.879. The van der Waals surface area contributed by atoms with Gasteiger partial charge in [-0.05, 0) is 44.4 Å². The van der Waals surface area contributed by atoms with Crippen molar-refractivity contribution < 1.29 is 9.18 Å². The standard InChI is InChI=1S/C14H19FN2O/c1-14(2,16)13(18)17(12-6-7-12)9-10-4-3-5-11(15)8-10/h3-5,8,12H,6-7,9,16H2,1-2H3. The zero-order chi connectivity index (χ0) is 13.3. The highest BCUT2D eigenvalue weighted by molar-refractivity contribution is 5.85. The van der Waals surface area contributed by atoms with Gasteiger partial charge in [-0.3, -0.25) is 4.79 Å². The molecule has 1 aliphatic rings. The van der Waals surface area contributed by atoms with Crippen LogP contribution in [0.2, 0.25) is 0 Å². The van der Waals surface area contributed by atoms with Gasteiger partial charge in [0.1, 0.15) is 5.82 Å². The number of amides is 1. The smallest absolute Gasteiger partial charge is 0.242 e. The minimum Gasteiger partial charge on any atom is -0.334 e. The van der Waals surface area contributed by atoms with Gasteiger partial charge in [0.25, 0.3) is 0 Å². The maximum atomic E-state index is 13.1. The molecule has 0 aliphatic heterocycles. The second kappa shape index (κ2) is 4.69. The molecule has 1 saturated carbocycles. The predicted octanol–water partition coefficient (Wildman–Crippen LogP) is 2.05. The molecule has 0 heterocycles. The quantitative estimate of drug-likeness (QED) is 0.889. The Labute approximate surface area is 107 Å². The molecule has 0 atom stereocenters. The van der Waals surface area contributed by atoms with Crippen LogP contribution in [0.25, 0.3) is 0 Å². The largest absolute Gasteiger partial charge is 0.334 e. The maximum Gasteiger partial charge on any atom is 0.242 e. The molecule has 4 heteroatoms. The Hall–Kier alpha value is -1.42. The number of nitrogens with two attached hydrogens (primary N) is 1. The van der Waals surface area contributed by atoms with Crippen molar-refractivity contribution in [1.82, 2.24) is 4.90 Å². The van der Waals surface area contributed by atoms with Crippen LogP contribution in [-0.4, -0.2) is 22.4 Å². The molecule has 0 unspecified atom stereocenters. The van der Waals surface area contributed by atoms with E-state index in [1.54, 1.807) is 24.8 Å². The van der Waals surface area contributed by atoms with E-state index in [1.165, 1.54) is 12.1 Å². The lowest BCUT2D eigenvalue weighted by molar-refractivity contribution is -0.137. The third-order valence-electron chi connectivity index (χ3n) is 3.04. The van der Waals surface area contributed by atoms with Crippen molar-refractivity contribution in [2.45, 2.75) is 44.8 Å². The number of hydrogen-bond acceptors (Lipinski definition) is 2. The number of benzene rings is 1. The Morgan fingerprint density at radius 3 is 2.67 bits per heavy atom. The molecule has 2 rings (SSSR count). The molecule has 18 heavy (non-hydrogen) atoms. The SMILES string of the molecule is CC(C)(N)C(=O)N(Cc1cccc(F)c1)C1CC1. The number of nitrogens with zero attached hydrogens (tertiary/aromatic N) is 1. The monoisotopic (exact) mass is 250 g/mol. The number of hydrogen-bond donors (Lipinski definition) is 1. The van der Waals surface area contributed by atoms with E-state index in [-0.39, 0.29) is 17.8 Å². The Balaban J connectivity index is 2.14. The van der Waals surface area contributed by atoms with Gasteiger partial charge in [0, 0.05) is 12.6 Å². The van der Waals surface area contributed by atoms with Crippen LogP contribution in [0.4, 0.5) is 4.39 Å². The fourth-order valence-electron chi connectivity index (χ4n) is 1.96. The normalized spacial score (nSPS) is 15.6. The van der Waals surface area contributed by atoms with E-state index in [0.29, 0.717) is 6.54 Å². The second-order valence-corrected chi connectivity index (χ2v) is 5.52. The summed E-state index contributed by atoms with van der Waals surface area (Å²) in [6.07, 6.45) is 2.02. The first-order chi connectivity index (χ1) is 8.38. The molecule has 0 spiro atoms. The Kier molecular flexibility index (Phi) is 3.39. The van der Waals surface area contributed by atoms with E-state index in [2.05, 4.69) is 0 Å². The molecule has 1 fully saturated rings. The molecule has 1 amide bonds. The summed E-state index contributed by atoms with van der Waals surface area (Å²) in [5, 5.41) is 0. The van der Waals surface area contributed by atoms with Gasteiger partial charge in [0.05, 0.1) is 5.54 Å². The number of rotatable bonds is 4. The second-order valence-electron chi connectivity index (χ2n) is 5.52. The van der Waals surface area contributed by atoms with E-state index >= 15 is 0 Å². The summed E-state index contributed by atoms with van der Waals surface area (Å²) in [6.45, 7) is 3.84. The molecule has 1 aromatic carbocycles. The van der Waals surface area contributed by atoms with Gasteiger partial charge in [0.2, 0.25) is 5.91 Å². The minimum absolute atomic E-state index is 0.0748. The summed E-state index contributed by atoms with van der Waals surface area (Å²) in [4.78, 5) is 14.0. The summed E-state index contributed by atoms with van der Waals surface area (Å²) in [5.74, 6) is -0.350. The molecule has 2 N–H and O–H groups in total. The first-order valence-electron chi connectivity index (χ1n) is 6.22. The van der Waals surface area contributed by atoms with Crippen LogP contribution >= 0.6 is 0 Å². The van der Waals surface area contributed by atoms with Gasteiger partial charge >= 0.3 is 0 Å². The van der Waals surface area contributed by atoms with E-state index < -0.39 is 5.54 Å². The van der Waals surface area contributed by atoms with Gasteiger partial charge < -0.3 is 10.6 Å². The Morgan fingerprint density at radius 1 is 1.50 bits per heavy atom. The van der Waals surface area contributed by atoms with Crippen LogP contribution in [0.3, 0.4) is 0 Å². The molecule has 1 aliphatic carbocycles. The zero-order valence-electron chi connectivity index (χ0n) is 10.8. The number of halogens is 1. The van der Waals surface area contributed by atoms with Crippen molar-refractivity contribution in [3.8, 4) is 0 Å². The lowest BCUT2D eigenvalue weighted by atomic mass is 10.0. The maximum absolute atomic E-state index is 13.1. The first kappa shape index (κ1) is 13.0. The summed E-state index contributed by atoms with van der Waals surface area (Å²) in [6, 6.07) is 6.62. The van der Waals surface area contributed by atoms with Crippen molar-refractivity contribution in [1.29, 1.82) is 0 Å². The lowest BCUT2D eigenvalue weighted by Gasteiger charge is -2.29. The fourth-order valence-corrected chi connectivity index (χ4v) is 1.96. The summed E-state index contributed by atoms with van der Waals surface area (Å²) >= 11 is 0. The van der Waals surface area contributed by atoms with Crippen molar-refractivity contribution in [3.63, 3.8) is 0 Å². The highest BCUT2D eigenvalue weighted by Crippen LogP contribution is 2.30. The molecule has 0 aromatic heterocycles. The van der Waals surface area contributed by atoms with Crippen LogP contribution in [0.15, 0.2) is 24.3 Å². The van der Waals surface area contributed by atoms with Crippen LogP contribution in [-0.2, 0) is 11.3 Å². The fraction of sp³-hybridized carbons (Fsp3) is 0.500. The van der Waals surface area contributed by atoms with Gasteiger partial charge in [-0.15, -0.1) is 0 Å². The molecule has 1 aromatic rings. The van der Waals surface area contributed by atoms with Crippen molar-refractivity contribution >= 4 is 5.91 Å². The van der Waals surface area contributed by atoms with Crippen LogP contribution < -0.4 is 5.73 Å².